The van der Waals surface area contributed by atoms with Gasteiger partial charge in [0.1, 0.15) is 0 Å². The van der Waals surface area contributed by atoms with Gasteiger partial charge in [-0.15, -0.1) is 24.0 Å². The Balaban J connectivity index is 0.00000280. The first-order chi connectivity index (χ1) is 13.1. The molecule has 2 heterocycles. The predicted octanol–water partition coefficient (Wildman–Crippen LogP) is 2.04. The molecule has 0 bridgehead atoms. The number of likely N-dealkylation sites (tertiary alicyclic amines) is 1. The van der Waals surface area contributed by atoms with E-state index in [4.69, 9.17) is 4.74 Å². The van der Waals surface area contributed by atoms with Gasteiger partial charge in [0.05, 0.1) is 19.1 Å². The van der Waals surface area contributed by atoms with Crippen molar-refractivity contribution in [2.45, 2.75) is 26.2 Å². The Kier molecular flexibility index (Phi) is 8.53. The molecule has 1 amide bonds. The number of amides is 1. The van der Waals surface area contributed by atoms with Gasteiger partial charge in [-0.05, 0) is 37.8 Å². The van der Waals surface area contributed by atoms with Gasteiger partial charge in [0, 0.05) is 32.4 Å². The average molecular weight is 500 g/mol. The third-order valence-electron chi connectivity index (χ3n) is 5.14. The summed E-state index contributed by atoms with van der Waals surface area (Å²) in [6, 6.07) is 8.02. The fourth-order valence-electron chi connectivity index (χ4n) is 3.80. The van der Waals surface area contributed by atoms with Crippen molar-refractivity contribution in [3.8, 4) is 0 Å². The van der Waals surface area contributed by atoms with Gasteiger partial charge in [-0.3, -0.25) is 14.6 Å². The lowest BCUT2D eigenvalue weighted by molar-refractivity contribution is -0.149. The lowest BCUT2D eigenvalue weighted by Gasteiger charge is -2.34. The number of para-hydroxylation sites is 1. The molecule has 1 aromatic rings. The van der Waals surface area contributed by atoms with Crippen molar-refractivity contribution in [3.63, 3.8) is 0 Å². The summed E-state index contributed by atoms with van der Waals surface area (Å²) in [6.07, 6.45) is 2.62. The molecule has 0 spiro atoms. The van der Waals surface area contributed by atoms with E-state index in [0.717, 1.165) is 31.5 Å². The van der Waals surface area contributed by atoms with Gasteiger partial charge in [-0.2, -0.15) is 0 Å². The second-order valence-electron chi connectivity index (χ2n) is 6.86. The fraction of sp³-hybridized carbons (Fsp3) is 0.550. The highest BCUT2D eigenvalue weighted by molar-refractivity contribution is 14.0. The summed E-state index contributed by atoms with van der Waals surface area (Å²) in [5, 5.41) is 3.17. The first-order valence-corrected chi connectivity index (χ1v) is 9.64. The maximum atomic E-state index is 12.7. The van der Waals surface area contributed by atoms with Crippen LogP contribution in [0.25, 0.3) is 0 Å². The highest BCUT2D eigenvalue weighted by Crippen LogP contribution is 2.27. The molecule has 0 saturated carbocycles. The van der Waals surface area contributed by atoms with Crippen LogP contribution in [0, 0.1) is 5.92 Å². The molecule has 1 fully saturated rings. The first kappa shape index (κ1) is 22.4. The van der Waals surface area contributed by atoms with Crippen LogP contribution < -0.4 is 10.2 Å². The molecule has 1 atom stereocenters. The summed E-state index contributed by atoms with van der Waals surface area (Å²) in [5.74, 6) is 0.394. The molecule has 1 saturated heterocycles. The van der Waals surface area contributed by atoms with E-state index in [9.17, 15) is 9.59 Å². The number of rotatable bonds is 4. The SMILES string of the molecule is CCOC(=O)C1CCCN(C(=NC)NCC(=O)N2CCc3ccccc32)C1.I. The third kappa shape index (κ3) is 5.15. The Labute approximate surface area is 183 Å². The second kappa shape index (κ2) is 10.6. The first-order valence-electron chi connectivity index (χ1n) is 9.64. The Morgan fingerprint density at radius 2 is 2.07 bits per heavy atom. The van der Waals surface area contributed by atoms with E-state index < -0.39 is 0 Å². The highest BCUT2D eigenvalue weighted by Gasteiger charge is 2.29. The van der Waals surface area contributed by atoms with Gasteiger partial charge in [-0.25, -0.2) is 0 Å². The van der Waals surface area contributed by atoms with Crippen molar-refractivity contribution in [1.29, 1.82) is 0 Å². The van der Waals surface area contributed by atoms with Crippen LogP contribution in [0.3, 0.4) is 0 Å². The topological polar surface area (TPSA) is 74.2 Å². The largest absolute Gasteiger partial charge is 0.466 e. The number of anilines is 1. The standard InChI is InChI=1S/C20H28N4O3.HI/c1-3-27-19(26)16-8-6-11-23(14-16)20(21-2)22-13-18(25)24-12-10-15-7-4-5-9-17(15)24;/h4-5,7,9,16H,3,6,8,10-14H2,1-2H3,(H,21,22);1H. The van der Waals surface area contributed by atoms with E-state index in [1.807, 2.05) is 34.9 Å². The van der Waals surface area contributed by atoms with Crippen molar-refractivity contribution in [1.82, 2.24) is 10.2 Å². The number of carbonyl (C=O) groups excluding carboxylic acids is 2. The number of halogens is 1. The zero-order valence-corrected chi connectivity index (χ0v) is 18.8. The molecule has 1 aromatic carbocycles. The minimum absolute atomic E-state index is 0. The molecule has 7 nitrogen and oxygen atoms in total. The van der Waals surface area contributed by atoms with Crippen molar-refractivity contribution < 1.29 is 14.3 Å². The van der Waals surface area contributed by atoms with Crippen LogP contribution in [0.2, 0.25) is 0 Å². The molecule has 0 radical (unpaired) electrons. The number of esters is 1. The van der Waals surface area contributed by atoms with E-state index in [1.165, 1.54) is 5.56 Å². The van der Waals surface area contributed by atoms with E-state index in [2.05, 4.69) is 16.4 Å². The van der Waals surface area contributed by atoms with Gasteiger partial charge in [0.2, 0.25) is 5.91 Å². The zero-order chi connectivity index (χ0) is 19.2. The number of hydrogen-bond acceptors (Lipinski definition) is 4. The van der Waals surface area contributed by atoms with Crippen LogP contribution in [0.5, 0.6) is 0 Å². The molecule has 8 heteroatoms. The van der Waals surface area contributed by atoms with Crippen molar-refractivity contribution in [3.05, 3.63) is 29.8 Å². The minimum Gasteiger partial charge on any atom is -0.466 e. The minimum atomic E-state index is -0.151. The molecule has 0 aliphatic carbocycles. The normalized spacial score (nSPS) is 18.9. The number of piperidine rings is 1. The second-order valence-corrected chi connectivity index (χ2v) is 6.86. The summed E-state index contributed by atoms with van der Waals surface area (Å²) < 4.78 is 5.16. The van der Waals surface area contributed by atoms with E-state index >= 15 is 0 Å². The van der Waals surface area contributed by atoms with Gasteiger partial charge in [0.25, 0.3) is 0 Å². The monoisotopic (exact) mass is 500 g/mol. The van der Waals surface area contributed by atoms with Crippen LogP contribution in [0.1, 0.15) is 25.3 Å². The predicted molar refractivity (Wildman–Crippen MR) is 120 cm³/mol. The van der Waals surface area contributed by atoms with Crippen LogP contribution in [-0.2, 0) is 20.7 Å². The molecule has 1 N–H and O–H groups in total. The van der Waals surface area contributed by atoms with Gasteiger partial charge in [0.15, 0.2) is 5.96 Å². The zero-order valence-electron chi connectivity index (χ0n) is 16.5. The van der Waals surface area contributed by atoms with Crippen LogP contribution in [-0.4, -0.2) is 62.6 Å². The van der Waals surface area contributed by atoms with Crippen LogP contribution >= 0.6 is 24.0 Å². The summed E-state index contributed by atoms with van der Waals surface area (Å²) in [4.78, 5) is 32.9. The molecule has 1 unspecified atom stereocenters. The Morgan fingerprint density at radius 1 is 1.29 bits per heavy atom. The van der Waals surface area contributed by atoms with E-state index in [1.54, 1.807) is 7.05 Å². The number of hydrogen-bond donors (Lipinski definition) is 1. The average Bonchev–Trinajstić information content (AvgIpc) is 3.13. The number of nitrogens with one attached hydrogen (secondary N) is 1. The number of guanidine groups is 1. The number of ether oxygens (including phenoxy) is 1. The number of benzene rings is 1. The maximum absolute atomic E-state index is 12.7. The Hall–Kier alpha value is -1.84. The van der Waals surface area contributed by atoms with Gasteiger partial charge < -0.3 is 19.9 Å². The Bertz CT molecular complexity index is 725. The maximum Gasteiger partial charge on any atom is 0.310 e. The van der Waals surface area contributed by atoms with Crippen molar-refractivity contribution >= 4 is 47.5 Å². The van der Waals surface area contributed by atoms with Crippen LogP contribution in [0.15, 0.2) is 29.3 Å². The fourth-order valence-corrected chi connectivity index (χ4v) is 3.80. The number of aliphatic imine (C=N–C) groups is 1. The molecule has 2 aliphatic heterocycles. The molecule has 0 aromatic heterocycles. The Morgan fingerprint density at radius 3 is 2.82 bits per heavy atom. The van der Waals surface area contributed by atoms with Crippen molar-refractivity contribution in [2.75, 3.05) is 44.7 Å². The van der Waals surface area contributed by atoms with Crippen LogP contribution in [0.4, 0.5) is 5.69 Å². The number of carbonyl (C=O) groups is 2. The van der Waals surface area contributed by atoms with Gasteiger partial charge >= 0.3 is 5.97 Å². The molecule has 2 aliphatic rings. The number of nitrogens with zero attached hydrogens (tertiary/aromatic N) is 3. The number of fused-ring (bicyclic) bond motifs is 1. The van der Waals surface area contributed by atoms with E-state index in [-0.39, 0.29) is 48.3 Å². The molecule has 28 heavy (non-hydrogen) atoms. The molecular weight excluding hydrogens is 471 g/mol. The summed E-state index contributed by atoms with van der Waals surface area (Å²) in [5.41, 5.74) is 2.21. The summed E-state index contributed by atoms with van der Waals surface area (Å²) >= 11 is 0. The lowest BCUT2D eigenvalue weighted by atomic mass is 9.98. The summed E-state index contributed by atoms with van der Waals surface area (Å²) in [7, 11) is 1.70. The molecular formula is C20H29IN4O3. The quantitative estimate of drug-likeness (QED) is 0.297. The lowest BCUT2D eigenvalue weighted by Crippen LogP contribution is -2.50. The molecule has 3 rings (SSSR count). The third-order valence-corrected chi connectivity index (χ3v) is 5.14. The highest BCUT2D eigenvalue weighted by atomic mass is 127. The molecule has 154 valence electrons. The van der Waals surface area contributed by atoms with Crippen molar-refractivity contribution in [2.24, 2.45) is 10.9 Å². The van der Waals surface area contributed by atoms with Gasteiger partial charge in [-0.1, -0.05) is 18.2 Å². The summed E-state index contributed by atoms with van der Waals surface area (Å²) in [6.45, 7) is 4.50. The van der Waals surface area contributed by atoms with E-state index in [0.29, 0.717) is 25.7 Å². The smallest absolute Gasteiger partial charge is 0.310 e.